The molecule has 0 saturated carbocycles. The van der Waals surface area contributed by atoms with Crippen molar-refractivity contribution >= 4 is 21.6 Å². The molecule has 1 atom stereocenters. The summed E-state index contributed by atoms with van der Waals surface area (Å²) in [7, 11) is 0. The Balaban J connectivity index is 2.20. The number of halogens is 1. The maximum Gasteiger partial charge on any atom is 0.0772 e. The average molecular weight is 296 g/mol. The van der Waals surface area contributed by atoms with Gasteiger partial charge in [0, 0.05) is 23.2 Å². The summed E-state index contributed by atoms with van der Waals surface area (Å²) in [5.74, 6) is 0. The average Bonchev–Trinajstić information content (AvgIpc) is 2.29. The van der Waals surface area contributed by atoms with Crippen LogP contribution in [0.25, 0.3) is 0 Å². The number of rotatable bonds is 2. The molecule has 1 N–H and O–H groups in total. The quantitative estimate of drug-likeness (QED) is 0.842. The van der Waals surface area contributed by atoms with Crippen LogP contribution in [0, 0.1) is 0 Å². The summed E-state index contributed by atoms with van der Waals surface area (Å²) in [6.45, 7) is 6.02. The molecule has 2 nitrogen and oxygen atoms in total. The van der Waals surface area contributed by atoms with Crippen molar-refractivity contribution in [1.82, 2.24) is 0 Å². The molecule has 17 heavy (non-hydrogen) atoms. The van der Waals surface area contributed by atoms with Gasteiger partial charge in [-0.3, -0.25) is 0 Å². The molecule has 0 radical (unpaired) electrons. The van der Waals surface area contributed by atoms with Gasteiger partial charge in [0.1, 0.15) is 0 Å². The lowest BCUT2D eigenvalue weighted by atomic mass is 10.1. The molecule has 0 fully saturated rings. The number of aliphatic hydroxyl groups excluding tert-OH is 1. The highest BCUT2D eigenvalue weighted by Gasteiger charge is 2.12. The molecule has 92 valence electrons. The van der Waals surface area contributed by atoms with Crippen molar-refractivity contribution in [3.05, 3.63) is 39.9 Å². The molecule has 1 aliphatic rings. The van der Waals surface area contributed by atoms with E-state index in [9.17, 15) is 5.11 Å². The predicted octanol–water partition coefficient (Wildman–Crippen LogP) is 3.66. The molecule has 1 heterocycles. The molecule has 1 aliphatic heterocycles. The summed E-state index contributed by atoms with van der Waals surface area (Å²) < 4.78 is 0.983. The van der Waals surface area contributed by atoms with Crippen LogP contribution in [-0.4, -0.2) is 18.2 Å². The van der Waals surface area contributed by atoms with Crippen LogP contribution < -0.4 is 4.90 Å². The van der Waals surface area contributed by atoms with Gasteiger partial charge in [-0.15, -0.1) is 0 Å². The highest BCUT2D eigenvalue weighted by Crippen LogP contribution is 2.29. The Bertz CT molecular complexity index is 440. The van der Waals surface area contributed by atoms with E-state index in [1.807, 2.05) is 6.07 Å². The van der Waals surface area contributed by atoms with Gasteiger partial charge in [0.25, 0.3) is 0 Å². The van der Waals surface area contributed by atoms with E-state index in [4.69, 9.17) is 0 Å². The lowest BCUT2D eigenvalue weighted by Crippen LogP contribution is -2.28. The summed E-state index contributed by atoms with van der Waals surface area (Å²) in [5.41, 5.74) is 3.63. The van der Waals surface area contributed by atoms with Gasteiger partial charge in [-0.2, -0.15) is 0 Å². The fourth-order valence-corrected chi connectivity index (χ4v) is 2.75. The minimum atomic E-state index is -0.429. The summed E-state index contributed by atoms with van der Waals surface area (Å²) in [4.78, 5) is 2.35. The van der Waals surface area contributed by atoms with Crippen LogP contribution in [0.1, 0.15) is 31.9 Å². The maximum atomic E-state index is 9.59. The van der Waals surface area contributed by atoms with E-state index in [0.29, 0.717) is 0 Å². The molecule has 0 amide bonds. The fraction of sp³-hybridized carbons (Fsp3) is 0.429. The summed E-state index contributed by atoms with van der Waals surface area (Å²) in [6.07, 6.45) is 2.98. The first-order chi connectivity index (χ1) is 8.08. The van der Waals surface area contributed by atoms with Crippen LogP contribution in [0.5, 0.6) is 0 Å². The van der Waals surface area contributed by atoms with Crippen molar-refractivity contribution < 1.29 is 5.11 Å². The SMILES string of the molecule is CC1=CCN(c2ccc([C@@H](C)O)c(Br)c2)CC1. The first-order valence-electron chi connectivity index (χ1n) is 5.96. The van der Waals surface area contributed by atoms with Crippen LogP contribution in [0.2, 0.25) is 0 Å². The molecule has 2 rings (SSSR count). The van der Waals surface area contributed by atoms with E-state index in [2.05, 4.69) is 46.0 Å². The van der Waals surface area contributed by atoms with Crippen molar-refractivity contribution in [2.75, 3.05) is 18.0 Å². The normalized spacial score (nSPS) is 17.9. The third-order valence-corrected chi connectivity index (χ3v) is 3.92. The standard InChI is InChI=1S/C14H18BrNO/c1-10-5-7-16(8-6-10)12-3-4-13(11(2)17)14(15)9-12/h3-5,9,11,17H,6-8H2,1-2H3/t11-/m1/s1. The molecule has 0 bridgehead atoms. The second-order valence-corrected chi connectivity index (χ2v) is 5.48. The monoisotopic (exact) mass is 295 g/mol. The Labute approximate surface area is 111 Å². The number of benzene rings is 1. The smallest absolute Gasteiger partial charge is 0.0772 e. The zero-order valence-corrected chi connectivity index (χ0v) is 11.9. The van der Waals surface area contributed by atoms with Crippen LogP contribution in [0.3, 0.4) is 0 Å². The highest BCUT2D eigenvalue weighted by molar-refractivity contribution is 9.10. The van der Waals surface area contributed by atoms with Crippen molar-refractivity contribution in [2.45, 2.75) is 26.4 Å². The number of nitrogens with zero attached hydrogens (tertiary/aromatic N) is 1. The predicted molar refractivity (Wildman–Crippen MR) is 75.4 cm³/mol. The van der Waals surface area contributed by atoms with Crippen LogP contribution in [-0.2, 0) is 0 Å². The third-order valence-electron chi connectivity index (χ3n) is 3.24. The van der Waals surface area contributed by atoms with Crippen molar-refractivity contribution in [2.24, 2.45) is 0 Å². The first-order valence-corrected chi connectivity index (χ1v) is 6.75. The minimum Gasteiger partial charge on any atom is -0.389 e. The summed E-state index contributed by atoms with van der Waals surface area (Å²) >= 11 is 3.52. The van der Waals surface area contributed by atoms with E-state index in [1.54, 1.807) is 6.92 Å². The molecule has 0 spiro atoms. The van der Waals surface area contributed by atoms with E-state index in [-0.39, 0.29) is 0 Å². The second kappa shape index (κ2) is 5.23. The van der Waals surface area contributed by atoms with Crippen LogP contribution in [0.4, 0.5) is 5.69 Å². The second-order valence-electron chi connectivity index (χ2n) is 4.63. The zero-order chi connectivity index (χ0) is 12.4. The fourth-order valence-electron chi connectivity index (χ4n) is 2.06. The molecule has 1 aromatic rings. The van der Waals surface area contributed by atoms with Crippen molar-refractivity contribution in [3.8, 4) is 0 Å². The van der Waals surface area contributed by atoms with E-state index < -0.39 is 6.10 Å². The topological polar surface area (TPSA) is 23.5 Å². The Morgan fingerprint density at radius 1 is 1.41 bits per heavy atom. The van der Waals surface area contributed by atoms with E-state index >= 15 is 0 Å². The molecular weight excluding hydrogens is 278 g/mol. The van der Waals surface area contributed by atoms with Gasteiger partial charge in [0.05, 0.1) is 6.10 Å². The first kappa shape index (κ1) is 12.7. The maximum absolute atomic E-state index is 9.59. The largest absolute Gasteiger partial charge is 0.389 e. The summed E-state index contributed by atoms with van der Waals surface area (Å²) in [5, 5.41) is 9.59. The molecule has 0 unspecified atom stereocenters. The Morgan fingerprint density at radius 3 is 2.71 bits per heavy atom. The number of anilines is 1. The minimum absolute atomic E-state index is 0.429. The molecule has 1 aromatic carbocycles. The molecular formula is C14H18BrNO. The van der Waals surface area contributed by atoms with Crippen LogP contribution >= 0.6 is 15.9 Å². The van der Waals surface area contributed by atoms with E-state index in [0.717, 1.165) is 29.5 Å². The van der Waals surface area contributed by atoms with Crippen molar-refractivity contribution in [1.29, 1.82) is 0 Å². The lowest BCUT2D eigenvalue weighted by Gasteiger charge is -2.28. The van der Waals surface area contributed by atoms with Gasteiger partial charge in [0.15, 0.2) is 0 Å². The Kier molecular flexibility index (Phi) is 3.89. The highest BCUT2D eigenvalue weighted by atomic mass is 79.9. The van der Waals surface area contributed by atoms with Crippen LogP contribution in [0.15, 0.2) is 34.3 Å². The molecule has 0 aromatic heterocycles. The van der Waals surface area contributed by atoms with Gasteiger partial charge in [-0.1, -0.05) is 33.6 Å². The van der Waals surface area contributed by atoms with Gasteiger partial charge in [0.2, 0.25) is 0 Å². The van der Waals surface area contributed by atoms with Gasteiger partial charge < -0.3 is 10.0 Å². The Hall–Kier alpha value is -0.800. The number of aliphatic hydroxyl groups is 1. The number of hydrogen-bond donors (Lipinski definition) is 1. The molecule has 0 aliphatic carbocycles. The van der Waals surface area contributed by atoms with Crippen molar-refractivity contribution in [3.63, 3.8) is 0 Å². The van der Waals surface area contributed by atoms with Gasteiger partial charge >= 0.3 is 0 Å². The zero-order valence-electron chi connectivity index (χ0n) is 10.3. The van der Waals surface area contributed by atoms with Gasteiger partial charge in [-0.25, -0.2) is 0 Å². The molecule has 0 saturated heterocycles. The van der Waals surface area contributed by atoms with Gasteiger partial charge in [-0.05, 0) is 38.0 Å². The third kappa shape index (κ3) is 2.90. The number of hydrogen-bond acceptors (Lipinski definition) is 2. The Morgan fingerprint density at radius 2 is 2.18 bits per heavy atom. The molecule has 3 heteroatoms. The summed E-state index contributed by atoms with van der Waals surface area (Å²) in [6, 6.07) is 6.17. The van der Waals surface area contributed by atoms with E-state index in [1.165, 1.54) is 11.3 Å². The lowest BCUT2D eigenvalue weighted by molar-refractivity contribution is 0.198.